The minimum atomic E-state index is 0.233. The number of aliphatic hydroxyl groups excluding tert-OH is 1. The zero-order valence-corrected chi connectivity index (χ0v) is 10.4. The number of hydrogen-bond acceptors (Lipinski definition) is 3. The number of piperidine rings is 1. The number of rotatable bonds is 4. The second kappa shape index (κ2) is 6.03. The van der Waals surface area contributed by atoms with Gasteiger partial charge in [-0.2, -0.15) is 0 Å². The summed E-state index contributed by atoms with van der Waals surface area (Å²) in [5.41, 5.74) is 1.22. The lowest BCUT2D eigenvalue weighted by Crippen LogP contribution is -2.32. The Morgan fingerprint density at radius 2 is 1.94 bits per heavy atom. The lowest BCUT2D eigenvalue weighted by Gasteiger charge is -2.29. The molecule has 3 heteroatoms. The van der Waals surface area contributed by atoms with Crippen LogP contribution in [0.1, 0.15) is 24.3 Å². The molecule has 1 fully saturated rings. The molecule has 1 unspecified atom stereocenters. The Kier molecular flexibility index (Phi) is 4.40. The van der Waals surface area contributed by atoms with Gasteiger partial charge in [0.25, 0.3) is 0 Å². The first-order valence-electron chi connectivity index (χ1n) is 6.30. The quantitative estimate of drug-likeness (QED) is 0.835. The molecule has 0 aliphatic carbocycles. The third-order valence-electron chi connectivity index (χ3n) is 3.69. The normalized spacial score (nSPS) is 18.9. The van der Waals surface area contributed by atoms with Crippen molar-refractivity contribution >= 4 is 0 Å². The molecule has 2 rings (SSSR count). The molecule has 2 N–H and O–H groups in total. The average Bonchev–Trinajstić information content (AvgIpc) is 2.42. The Morgan fingerprint density at radius 3 is 2.47 bits per heavy atom. The number of nitrogens with one attached hydrogen (secondary N) is 1. The summed E-state index contributed by atoms with van der Waals surface area (Å²) in [4.78, 5) is 0. The van der Waals surface area contributed by atoms with E-state index in [0.29, 0.717) is 5.92 Å². The van der Waals surface area contributed by atoms with Gasteiger partial charge in [-0.05, 0) is 49.5 Å². The van der Waals surface area contributed by atoms with Crippen LogP contribution < -0.4 is 10.1 Å². The molecule has 0 aromatic heterocycles. The predicted molar refractivity (Wildman–Crippen MR) is 68.4 cm³/mol. The maximum atomic E-state index is 9.61. The molecule has 1 aliphatic heterocycles. The van der Waals surface area contributed by atoms with E-state index in [1.165, 1.54) is 5.56 Å². The van der Waals surface area contributed by atoms with Gasteiger partial charge in [-0.15, -0.1) is 0 Å². The van der Waals surface area contributed by atoms with Crippen molar-refractivity contribution in [1.82, 2.24) is 5.32 Å². The van der Waals surface area contributed by atoms with Crippen LogP contribution in [-0.2, 0) is 0 Å². The zero-order chi connectivity index (χ0) is 12.1. The van der Waals surface area contributed by atoms with Crippen molar-refractivity contribution < 1.29 is 9.84 Å². The van der Waals surface area contributed by atoms with E-state index in [-0.39, 0.29) is 12.5 Å². The van der Waals surface area contributed by atoms with Crippen LogP contribution in [0.5, 0.6) is 5.75 Å². The Labute approximate surface area is 103 Å². The van der Waals surface area contributed by atoms with Gasteiger partial charge in [-0.25, -0.2) is 0 Å². The topological polar surface area (TPSA) is 41.5 Å². The fourth-order valence-corrected chi connectivity index (χ4v) is 2.62. The van der Waals surface area contributed by atoms with E-state index < -0.39 is 0 Å². The van der Waals surface area contributed by atoms with Crippen molar-refractivity contribution in [2.75, 3.05) is 26.8 Å². The molecule has 1 aromatic carbocycles. The molecule has 0 saturated carbocycles. The molecular weight excluding hydrogens is 214 g/mol. The SMILES string of the molecule is COc1ccc(C(CO)C2CCNCC2)cc1. The average molecular weight is 235 g/mol. The first-order chi connectivity index (χ1) is 8.35. The molecular formula is C14H21NO2. The van der Waals surface area contributed by atoms with Crippen molar-refractivity contribution in [2.45, 2.75) is 18.8 Å². The summed E-state index contributed by atoms with van der Waals surface area (Å²) in [5.74, 6) is 1.73. The summed E-state index contributed by atoms with van der Waals surface area (Å²) in [7, 11) is 1.67. The molecule has 0 amide bonds. The first kappa shape index (κ1) is 12.4. The van der Waals surface area contributed by atoms with Crippen LogP contribution in [-0.4, -0.2) is 31.9 Å². The van der Waals surface area contributed by atoms with Gasteiger partial charge in [0.2, 0.25) is 0 Å². The number of hydrogen-bond donors (Lipinski definition) is 2. The Bertz CT molecular complexity index is 331. The van der Waals surface area contributed by atoms with Crippen molar-refractivity contribution in [2.24, 2.45) is 5.92 Å². The van der Waals surface area contributed by atoms with Gasteiger partial charge in [0.1, 0.15) is 5.75 Å². The van der Waals surface area contributed by atoms with Crippen LogP contribution in [0.3, 0.4) is 0 Å². The van der Waals surface area contributed by atoms with E-state index in [1.807, 2.05) is 12.1 Å². The van der Waals surface area contributed by atoms with Gasteiger partial charge in [-0.1, -0.05) is 12.1 Å². The monoisotopic (exact) mass is 235 g/mol. The molecule has 1 aliphatic rings. The molecule has 1 heterocycles. The van der Waals surface area contributed by atoms with Crippen molar-refractivity contribution in [3.8, 4) is 5.75 Å². The van der Waals surface area contributed by atoms with Crippen LogP contribution in [0, 0.1) is 5.92 Å². The van der Waals surface area contributed by atoms with E-state index in [9.17, 15) is 5.11 Å². The predicted octanol–water partition coefficient (Wildman–Crippen LogP) is 1.77. The Balaban J connectivity index is 2.10. The fourth-order valence-electron chi connectivity index (χ4n) is 2.62. The van der Waals surface area contributed by atoms with Gasteiger partial charge in [-0.3, -0.25) is 0 Å². The third kappa shape index (κ3) is 2.99. The number of methoxy groups -OCH3 is 1. The summed E-state index contributed by atoms with van der Waals surface area (Å²) in [6.45, 7) is 2.37. The molecule has 0 radical (unpaired) electrons. The number of ether oxygens (including phenoxy) is 1. The molecule has 17 heavy (non-hydrogen) atoms. The minimum absolute atomic E-state index is 0.233. The Morgan fingerprint density at radius 1 is 1.29 bits per heavy atom. The van der Waals surface area contributed by atoms with Crippen LogP contribution in [0.2, 0.25) is 0 Å². The van der Waals surface area contributed by atoms with Gasteiger partial charge >= 0.3 is 0 Å². The summed E-state index contributed by atoms with van der Waals surface area (Å²) in [6.07, 6.45) is 2.30. The minimum Gasteiger partial charge on any atom is -0.497 e. The van der Waals surface area contributed by atoms with Crippen molar-refractivity contribution in [3.63, 3.8) is 0 Å². The van der Waals surface area contributed by atoms with Crippen LogP contribution in [0.4, 0.5) is 0 Å². The standard InChI is InChI=1S/C14H21NO2/c1-17-13-4-2-11(3-5-13)14(10-16)12-6-8-15-9-7-12/h2-5,12,14-16H,6-10H2,1H3. The van der Waals surface area contributed by atoms with Crippen molar-refractivity contribution in [3.05, 3.63) is 29.8 Å². The zero-order valence-electron chi connectivity index (χ0n) is 10.4. The Hall–Kier alpha value is -1.06. The highest BCUT2D eigenvalue weighted by Gasteiger charge is 2.24. The highest BCUT2D eigenvalue weighted by Crippen LogP contribution is 2.31. The molecule has 3 nitrogen and oxygen atoms in total. The highest BCUT2D eigenvalue weighted by atomic mass is 16.5. The van der Waals surface area contributed by atoms with E-state index in [4.69, 9.17) is 4.74 Å². The van der Waals surface area contributed by atoms with Crippen LogP contribution >= 0.6 is 0 Å². The number of benzene rings is 1. The molecule has 94 valence electrons. The van der Waals surface area contributed by atoms with Crippen LogP contribution in [0.25, 0.3) is 0 Å². The maximum absolute atomic E-state index is 9.61. The van der Waals surface area contributed by atoms with Gasteiger partial charge < -0.3 is 15.2 Å². The second-order valence-electron chi connectivity index (χ2n) is 4.65. The van der Waals surface area contributed by atoms with Crippen molar-refractivity contribution in [1.29, 1.82) is 0 Å². The third-order valence-corrected chi connectivity index (χ3v) is 3.69. The van der Waals surface area contributed by atoms with E-state index in [2.05, 4.69) is 17.4 Å². The van der Waals surface area contributed by atoms with E-state index >= 15 is 0 Å². The summed E-state index contributed by atoms with van der Waals surface area (Å²) >= 11 is 0. The summed E-state index contributed by atoms with van der Waals surface area (Å²) < 4.78 is 5.16. The molecule has 0 bridgehead atoms. The van der Waals surface area contributed by atoms with E-state index in [0.717, 1.165) is 31.7 Å². The van der Waals surface area contributed by atoms with Crippen LogP contribution in [0.15, 0.2) is 24.3 Å². The molecule has 1 saturated heterocycles. The van der Waals surface area contributed by atoms with Gasteiger partial charge in [0, 0.05) is 5.92 Å². The number of aliphatic hydroxyl groups is 1. The summed E-state index contributed by atoms with van der Waals surface area (Å²) in [5, 5.41) is 13.0. The highest BCUT2D eigenvalue weighted by molar-refractivity contribution is 5.30. The molecule has 0 spiro atoms. The largest absolute Gasteiger partial charge is 0.497 e. The lowest BCUT2D eigenvalue weighted by molar-refractivity contribution is 0.201. The summed E-state index contributed by atoms with van der Waals surface area (Å²) in [6, 6.07) is 8.08. The van der Waals surface area contributed by atoms with Gasteiger partial charge in [0.15, 0.2) is 0 Å². The van der Waals surface area contributed by atoms with Gasteiger partial charge in [0.05, 0.1) is 13.7 Å². The van der Waals surface area contributed by atoms with E-state index in [1.54, 1.807) is 7.11 Å². The molecule has 1 aromatic rings. The lowest BCUT2D eigenvalue weighted by atomic mass is 9.81. The second-order valence-corrected chi connectivity index (χ2v) is 4.65. The molecule has 1 atom stereocenters. The maximum Gasteiger partial charge on any atom is 0.118 e. The smallest absolute Gasteiger partial charge is 0.118 e. The first-order valence-corrected chi connectivity index (χ1v) is 6.30. The fraction of sp³-hybridized carbons (Fsp3) is 0.571.